The first-order valence-electron chi connectivity index (χ1n) is 5.21. The molecule has 0 bridgehead atoms. The summed E-state index contributed by atoms with van der Waals surface area (Å²) in [6, 6.07) is -0.213. The quantitative estimate of drug-likeness (QED) is 0.741. The zero-order valence-corrected chi connectivity index (χ0v) is 10.1. The molecule has 2 unspecified atom stereocenters. The Labute approximate surface area is 97.1 Å². The van der Waals surface area contributed by atoms with E-state index in [1.807, 2.05) is 6.92 Å². The van der Waals surface area contributed by atoms with Gasteiger partial charge in [0.05, 0.1) is 13.2 Å². The van der Waals surface area contributed by atoms with Crippen molar-refractivity contribution in [3.8, 4) is 0 Å². The number of carbonyl (C=O) groups excluding carboxylic acids is 1. The topological polar surface area (TPSA) is 47.6 Å². The number of carbonyl (C=O) groups is 1. The summed E-state index contributed by atoms with van der Waals surface area (Å²) in [5, 5.41) is 3.00. The van der Waals surface area contributed by atoms with E-state index in [0.29, 0.717) is 13.2 Å². The third kappa shape index (κ3) is 4.36. The van der Waals surface area contributed by atoms with E-state index in [9.17, 15) is 4.79 Å². The van der Waals surface area contributed by atoms with Gasteiger partial charge in [-0.25, -0.2) is 0 Å². The number of hydrogen-bond donors (Lipinski definition) is 1. The number of likely N-dealkylation sites (N-methyl/N-ethyl adjacent to an activating group) is 1. The molecule has 2 atom stereocenters. The zero-order chi connectivity index (χ0) is 10.4. The van der Waals surface area contributed by atoms with Gasteiger partial charge >= 0.3 is 5.97 Å². The minimum atomic E-state index is -0.213. The number of esters is 1. The third-order valence-corrected chi connectivity index (χ3v) is 2.52. The van der Waals surface area contributed by atoms with Crippen LogP contribution in [-0.4, -0.2) is 38.9 Å². The van der Waals surface area contributed by atoms with E-state index < -0.39 is 0 Å². The largest absolute Gasteiger partial charge is 0.465 e. The summed E-state index contributed by atoms with van der Waals surface area (Å²) in [5.74, 6) is 0.0956. The fraction of sp³-hybridized carbons (Fsp3) is 0.900. The Morgan fingerprint density at radius 2 is 2.40 bits per heavy atom. The summed E-state index contributed by atoms with van der Waals surface area (Å²) in [6.45, 7) is 3.73. The number of hydrogen-bond acceptors (Lipinski definition) is 4. The van der Waals surface area contributed by atoms with E-state index in [-0.39, 0.29) is 30.3 Å². The Morgan fingerprint density at radius 1 is 1.67 bits per heavy atom. The highest BCUT2D eigenvalue weighted by Crippen LogP contribution is 2.18. The molecule has 0 aromatic rings. The van der Waals surface area contributed by atoms with E-state index >= 15 is 0 Å². The Kier molecular flexibility index (Phi) is 7.74. The Balaban J connectivity index is 0.00000196. The van der Waals surface area contributed by atoms with Gasteiger partial charge < -0.3 is 14.8 Å². The van der Waals surface area contributed by atoms with Gasteiger partial charge in [-0.2, -0.15) is 0 Å². The first-order chi connectivity index (χ1) is 6.79. The van der Waals surface area contributed by atoms with Crippen molar-refractivity contribution in [3.63, 3.8) is 0 Å². The highest BCUT2D eigenvalue weighted by molar-refractivity contribution is 5.85. The second kappa shape index (κ2) is 7.91. The first-order valence-corrected chi connectivity index (χ1v) is 5.21. The monoisotopic (exact) mass is 237 g/mol. The molecule has 15 heavy (non-hydrogen) atoms. The number of nitrogens with one attached hydrogen (secondary N) is 1. The molecule has 5 heteroatoms. The second-order valence-corrected chi connectivity index (χ2v) is 3.50. The van der Waals surface area contributed by atoms with Gasteiger partial charge in [-0.15, -0.1) is 12.4 Å². The molecule has 1 aliphatic heterocycles. The summed E-state index contributed by atoms with van der Waals surface area (Å²) < 4.78 is 10.3. The van der Waals surface area contributed by atoms with Crippen LogP contribution in [0.15, 0.2) is 0 Å². The van der Waals surface area contributed by atoms with Gasteiger partial charge in [0.2, 0.25) is 0 Å². The lowest BCUT2D eigenvalue weighted by Crippen LogP contribution is -2.45. The Morgan fingerprint density at radius 3 is 2.87 bits per heavy atom. The molecule has 0 aliphatic carbocycles. The maximum atomic E-state index is 11.5. The summed E-state index contributed by atoms with van der Waals surface area (Å²) in [5.41, 5.74) is 0. The Hall–Kier alpha value is -0.320. The van der Waals surface area contributed by atoms with Crippen molar-refractivity contribution in [2.45, 2.75) is 25.8 Å². The first kappa shape index (κ1) is 14.7. The van der Waals surface area contributed by atoms with Crippen molar-refractivity contribution in [1.29, 1.82) is 0 Å². The van der Waals surface area contributed by atoms with Crippen LogP contribution in [-0.2, 0) is 14.3 Å². The van der Waals surface area contributed by atoms with Gasteiger partial charge in [-0.05, 0) is 26.8 Å². The molecule has 1 heterocycles. The SMILES string of the molecule is CCOC(=O)C(NC)C1CCCOC1.Cl. The van der Waals surface area contributed by atoms with E-state index in [1.165, 1.54) is 0 Å². The summed E-state index contributed by atoms with van der Waals surface area (Å²) in [4.78, 5) is 11.5. The zero-order valence-electron chi connectivity index (χ0n) is 9.32. The van der Waals surface area contributed by atoms with Gasteiger partial charge in [-0.1, -0.05) is 0 Å². The molecule has 0 aromatic heterocycles. The van der Waals surface area contributed by atoms with Crippen LogP contribution >= 0.6 is 12.4 Å². The molecule has 90 valence electrons. The summed E-state index contributed by atoms with van der Waals surface area (Å²) in [6.07, 6.45) is 2.06. The van der Waals surface area contributed by atoms with Gasteiger partial charge in [0.15, 0.2) is 0 Å². The predicted molar refractivity (Wildman–Crippen MR) is 60.3 cm³/mol. The van der Waals surface area contributed by atoms with Crippen LogP contribution < -0.4 is 5.32 Å². The number of halogens is 1. The molecular formula is C10H20ClNO3. The molecular weight excluding hydrogens is 218 g/mol. The van der Waals surface area contributed by atoms with Crippen LogP contribution in [0.2, 0.25) is 0 Å². The van der Waals surface area contributed by atoms with Crippen LogP contribution in [0.3, 0.4) is 0 Å². The smallest absolute Gasteiger partial charge is 0.323 e. The van der Waals surface area contributed by atoms with Crippen molar-refractivity contribution < 1.29 is 14.3 Å². The van der Waals surface area contributed by atoms with Crippen molar-refractivity contribution in [3.05, 3.63) is 0 Å². The molecule has 1 fully saturated rings. The van der Waals surface area contributed by atoms with E-state index in [0.717, 1.165) is 19.4 Å². The molecule has 1 N–H and O–H groups in total. The van der Waals surface area contributed by atoms with E-state index in [1.54, 1.807) is 7.05 Å². The molecule has 0 aromatic carbocycles. The minimum absolute atomic E-state index is 0. The lowest BCUT2D eigenvalue weighted by Gasteiger charge is -2.28. The second-order valence-electron chi connectivity index (χ2n) is 3.50. The molecule has 1 rings (SSSR count). The lowest BCUT2D eigenvalue weighted by atomic mass is 9.94. The van der Waals surface area contributed by atoms with Gasteiger partial charge in [0.25, 0.3) is 0 Å². The normalized spacial score (nSPS) is 22.7. The average molecular weight is 238 g/mol. The van der Waals surface area contributed by atoms with Crippen LogP contribution in [0.4, 0.5) is 0 Å². The van der Waals surface area contributed by atoms with Gasteiger partial charge in [-0.3, -0.25) is 4.79 Å². The molecule has 0 amide bonds. The van der Waals surface area contributed by atoms with E-state index in [2.05, 4.69) is 5.32 Å². The standard InChI is InChI=1S/C10H19NO3.ClH/c1-3-14-10(12)9(11-2)8-5-4-6-13-7-8;/h8-9,11H,3-7H2,1-2H3;1H. The third-order valence-electron chi connectivity index (χ3n) is 2.52. The maximum Gasteiger partial charge on any atom is 0.323 e. The van der Waals surface area contributed by atoms with Crippen LogP contribution in [0.1, 0.15) is 19.8 Å². The lowest BCUT2D eigenvalue weighted by molar-refractivity contribution is -0.148. The highest BCUT2D eigenvalue weighted by atomic mass is 35.5. The van der Waals surface area contributed by atoms with E-state index in [4.69, 9.17) is 9.47 Å². The van der Waals surface area contributed by atoms with Crippen molar-refractivity contribution in [1.82, 2.24) is 5.32 Å². The van der Waals surface area contributed by atoms with Crippen LogP contribution in [0.25, 0.3) is 0 Å². The fourth-order valence-corrected chi connectivity index (χ4v) is 1.81. The Bertz CT molecular complexity index is 184. The molecule has 0 radical (unpaired) electrons. The summed E-state index contributed by atoms with van der Waals surface area (Å²) in [7, 11) is 1.79. The highest BCUT2D eigenvalue weighted by Gasteiger charge is 2.29. The average Bonchev–Trinajstić information content (AvgIpc) is 2.21. The van der Waals surface area contributed by atoms with Gasteiger partial charge in [0.1, 0.15) is 6.04 Å². The van der Waals surface area contributed by atoms with Crippen molar-refractivity contribution >= 4 is 18.4 Å². The maximum absolute atomic E-state index is 11.5. The van der Waals surface area contributed by atoms with Crippen molar-refractivity contribution in [2.24, 2.45) is 5.92 Å². The molecule has 0 spiro atoms. The van der Waals surface area contributed by atoms with Gasteiger partial charge in [0, 0.05) is 12.5 Å². The molecule has 1 aliphatic rings. The predicted octanol–water partition coefficient (Wildman–Crippen LogP) is 0.986. The molecule has 1 saturated heterocycles. The van der Waals surface area contributed by atoms with Crippen LogP contribution in [0.5, 0.6) is 0 Å². The van der Waals surface area contributed by atoms with Crippen molar-refractivity contribution in [2.75, 3.05) is 26.9 Å². The number of rotatable bonds is 4. The van der Waals surface area contributed by atoms with Crippen LogP contribution in [0, 0.1) is 5.92 Å². The summed E-state index contributed by atoms with van der Waals surface area (Å²) >= 11 is 0. The fourth-order valence-electron chi connectivity index (χ4n) is 1.81. The number of ether oxygens (including phenoxy) is 2. The molecule has 4 nitrogen and oxygen atoms in total. The minimum Gasteiger partial charge on any atom is -0.465 e. The molecule has 0 saturated carbocycles.